The van der Waals surface area contributed by atoms with Crippen molar-refractivity contribution in [2.24, 2.45) is 5.73 Å². The molecule has 2 unspecified atom stereocenters. The molecule has 3 nitrogen and oxygen atoms in total. The van der Waals surface area contributed by atoms with Crippen molar-refractivity contribution in [3.63, 3.8) is 0 Å². The third-order valence-corrected chi connectivity index (χ3v) is 4.41. The number of hydrogen-bond donors (Lipinski definition) is 1. The van der Waals surface area contributed by atoms with Gasteiger partial charge in [0.15, 0.2) is 0 Å². The molecule has 2 saturated heterocycles. The summed E-state index contributed by atoms with van der Waals surface area (Å²) in [6, 6.07) is 5.36. The van der Waals surface area contributed by atoms with E-state index in [1.807, 2.05) is 4.90 Å². The highest BCUT2D eigenvalue weighted by molar-refractivity contribution is 5.95. The Bertz CT molecular complexity index is 503. The van der Waals surface area contributed by atoms with Crippen molar-refractivity contribution in [3.8, 4) is 0 Å². The van der Waals surface area contributed by atoms with Gasteiger partial charge in [-0.05, 0) is 56.4 Å². The number of halogens is 1. The Hall–Kier alpha value is -1.42. The monoisotopic (exact) mass is 262 g/mol. The van der Waals surface area contributed by atoms with Crippen LogP contribution >= 0.6 is 0 Å². The molecule has 0 spiro atoms. The Labute approximate surface area is 112 Å². The molecule has 0 saturated carbocycles. The standard InChI is InChI=1S/C15H19FN2O/c1-9-6-10(2-5-14(9)16)15(19)18-12-3-4-13(18)8-11(17)7-12/h2,5-6,11-13H,3-4,7-8,17H2,1H3. The number of rotatable bonds is 1. The van der Waals surface area contributed by atoms with Gasteiger partial charge in [-0.1, -0.05) is 0 Å². The van der Waals surface area contributed by atoms with E-state index in [0.29, 0.717) is 11.1 Å². The number of nitrogens with zero attached hydrogens (tertiary/aromatic N) is 1. The first-order valence-corrected chi connectivity index (χ1v) is 6.90. The zero-order valence-corrected chi connectivity index (χ0v) is 11.1. The number of amides is 1. The maximum Gasteiger partial charge on any atom is 0.254 e. The summed E-state index contributed by atoms with van der Waals surface area (Å²) in [4.78, 5) is 14.6. The molecule has 4 heteroatoms. The van der Waals surface area contributed by atoms with Crippen molar-refractivity contribution in [1.82, 2.24) is 4.90 Å². The first-order valence-electron chi connectivity index (χ1n) is 6.90. The summed E-state index contributed by atoms with van der Waals surface area (Å²) >= 11 is 0. The van der Waals surface area contributed by atoms with E-state index in [4.69, 9.17) is 5.73 Å². The van der Waals surface area contributed by atoms with Crippen molar-refractivity contribution in [1.29, 1.82) is 0 Å². The second-order valence-corrected chi connectivity index (χ2v) is 5.79. The Morgan fingerprint density at radius 2 is 1.95 bits per heavy atom. The van der Waals surface area contributed by atoms with Crippen LogP contribution in [0, 0.1) is 12.7 Å². The first kappa shape index (κ1) is 12.6. The van der Waals surface area contributed by atoms with Crippen LogP contribution in [0.15, 0.2) is 18.2 Å². The first-order chi connectivity index (χ1) is 9.06. The fourth-order valence-electron chi connectivity index (χ4n) is 3.48. The minimum atomic E-state index is -0.264. The largest absolute Gasteiger partial charge is 0.333 e. The summed E-state index contributed by atoms with van der Waals surface area (Å²) in [5, 5.41) is 0. The molecule has 2 aliphatic rings. The Balaban J connectivity index is 1.86. The van der Waals surface area contributed by atoms with E-state index < -0.39 is 0 Å². The number of benzene rings is 1. The van der Waals surface area contributed by atoms with Gasteiger partial charge in [0.1, 0.15) is 5.82 Å². The van der Waals surface area contributed by atoms with Gasteiger partial charge < -0.3 is 10.6 Å². The van der Waals surface area contributed by atoms with E-state index in [-0.39, 0.29) is 29.8 Å². The topological polar surface area (TPSA) is 46.3 Å². The number of piperidine rings is 1. The van der Waals surface area contributed by atoms with Crippen LogP contribution in [0.2, 0.25) is 0 Å². The predicted molar refractivity (Wildman–Crippen MR) is 71.3 cm³/mol. The van der Waals surface area contributed by atoms with Crippen molar-refractivity contribution < 1.29 is 9.18 Å². The quantitative estimate of drug-likeness (QED) is 0.843. The number of carbonyl (C=O) groups is 1. The predicted octanol–water partition coefficient (Wildman–Crippen LogP) is 2.23. The van der Waals surface area contributed by atoms with Gasteiger partial charge in [0.05, 0.1) is 0 Å². The van der Waals surface area contributed by atoms with E-state index in [1.54, 1.807) is 19.1 Å². The molecule has 2 aliphatic heterocycles. The Kier molecular flexibility index (Phi) is 3.05. The highest BCUT2D eigenvalue weighted by atomic mass is 19.1. The van der Waals surface area contributed by atoms with Crippen molar-refractivity contribution in [2.45, 2.75) is 50.7 Å². The zero-order valence-electron chi connectivity index (χ0n) is 11.1. The fraction of sp³-hybridized carbons (Fsp3) is 0.533. The highest BCUT2D eigenvalue weighted by Gasteiger charge is 2.42. The molecule has 1 aromatic carbocycles. The lowest BCUT2D eigenvalue weighted by Crippen LogP contribution is -2.50. The van der Waals surface area contributed by atoms with Gasteiger partial charge in [-0.25, -0.2) is 4.39 Å². The molecule has 0 aliphatic carbocycles. The maximum absolute atomic E-state index is 13.3. The molecule has 3 rings (SSSR count). The van der Waals surface area contributed by atoms with E-state index in [0.717, 1.165) is 25.7 Å². The summed E-state index contributed by atoms with van der Waals surface area (Å²) in [5.41, 5.74) is 7.12. The molecule has 0 radical (unpaired) electrons. The summed E-state index contributed by atoms with van der Waals surface area (Å²) in [6.45, 7) is 1.69. The van der Waals surface area contributed by atoms with Crippen LogP contribution in [0.3, 0.4) is 0 Å². The van der Waals surface area contributed by atoms with Crippen LogP contribution in [0.4, 0.5) is 4.39 Å². The molecule has 2 N–H and O–H groups in total. The Morgan fingerprint density at radius 1 is 1.32 bits per heavy atom. The third kappa shape index (κ3) is 2.14. The number of nitrogens with two attached hydrogens (primary N) is 1. The van der Waals surface area contributed by atoms with Crippen LogP contribution in [0.1, 0.15) is 41.6 Å². The van der Waals surface area contributed by atoms with Crippen LogP contribution in [-0.2, 0) is 0 Å². The Morgan fingerprint density at radius 3 is 2.53 bits per heavy atom. The maximum atomic E-state index is 13.3. The van der Waals surface area contributed by atoms with E-state index in [2.05, 4.69) is 0 Å². The van der Waals surface area contributed by atoms with E-state index >= 15 is 0 Å². The molecule has 1 aromatic rings. The van der Waals surface area contributed by atoms with Gasteiger partial charge in [0.2, 0.25) is 0 Å². The van der Waals surface area contributed by atoms with Crippen LogP contribution in [0.25, 0.3) is 0 Å². The minimum Gasteiger partial charge on any atom is -0.333 e. The van der Waals surface area contributed by atoms with Gasteiger partial charge in [-0.2, -0.15) is 0 Å². The fourth-order valence-corrected chi connectivity index (χ4v) is 3.48. The molecule has 2 heterocycles. The number of aryl methyl sites for hydroxylation is 1. The van der Waals surface area contributed by atoms with Crippen molar-refractivity contribution >= 4 is 5.91 Å². The lowest BCUT2D eigenvalue weighted by atomic mass is 9.97. The molecule has 2 bridgehead atoms. The van der Waals surface area contributed by atoms with Crippen molar-refractivity contribution in [3.05, 3.63) is 35.1 Å². The average molecular weight is 262 g/mol. The van der Waals surface area contributed by atoms with Gasteiger partial charge in [-0.3, -0.25) is 4.79 Å². The van der Waals surface area contributed by atoms with Crippen molar-refractivity contribution in [2.75, 3.05) is 0 Å². The number of fused-ring (bicyclic) bond motifs is 2. The molecular formula is C15H19FN2O. The number of carbonyl (C=O) groups excluding carboxylic acids is 1. The van der Waals surface area contributed by atoms with Crippen LogP contribution in [0.5, 0.6) is 0 Å². The molecule has 2 fully saturated rings. The van der Waals surface area contributed by atoms with Gasteiger partial charge in [-0.15, -0.1) is 0 Å². The van der Waals surface area contributed by atoms with Gasteiger partial charge in [0, 0.05) is 23.7 Å². The average Bonchev–Trinajstić information content (AvgIpc) is 2.64. The third-order valence-electron chi connectivity index (χ3n) is 4.41. The second-order valence-electron chi connectivity index (χ2n) is 5.79. The summed E-state index contributed by atoms with van der Waals surface area (Å²) in [6.07, 6.45) is 3.87. The van der Waals surface area contributed by atoms with E-state index in [1.165, 1.54) is 6.07 Å². The molecule has 0 aromatic heterocycles. The minimum absolute atomic E-state index is 0.0301. The highest BCUT2D eigenvalue weighted by Crippen LogP contribution is 2.36. The van der Waals surface area contributed by atoms with Gasteiger partial charge in [0.25, 0.3) is 5.91 Å². The SMILES string of the molecule is Cc1cc(C(=O)N2C3CCC2CC(N)C3)ccc1F. The summed E-state index contributed by atoms with van der Waals surface area (Å²) in [7, 11) is 0. The molecule has 19 heavy (non-hydrogen) atoms. The van der Waals surface area contributed by atoms with Crippen LogP contribution in [-0.4, -0.2) is 28.9 Å². The molecule has 2 atom stereocenters. The summed E-state index contributed by atoms with van der Waals surface area (Å²) in [5.74, 6) is -0.234. The normalized spacial score (nSPS) is 29.6. The molecule has 102 valence electrons. The smallest absolute Gasteiger partial charge is 0.254 e. The lowest BCUT2D eigenvalue weighted by Gasteiger charge is -2.37. The zero-order chi connectivity index (χ0) is 13.6. The number of hydrogen-bond acceptors (Lipinski definition) is 2. The molecule has 1 amide bonds. The lowest BCUT2D eigenvalue weighted by molar-refractivity contribution is 0.0575. The second kappa shape index (κ2) is 4.60. The van der Waals surface area contributed by atoms with E-state index in [9.17, 15) is 9.18 Å². The van der Waals surface area contributed by atoms with Crippen LogP contribution < -0.4 is 5.73 Å². The summed E-state index contributed by atoms with van der Waals surface area (Å²) < 4.78 is 13.3. The molecular weight excluding hydrogens is 243 g/mol. The van der Waals surface area contributed by atoms with Gasteiger partial charge >= 0.3 is 0 Å².